The number of methoxy groups -OCH3 is 1. The number of rotatable bonds is 7. The fraction of sp³-hybridized carbons (Fsp3) is 0.300. The summed E-state index contributed by atoms with van der Waals surface area (Å²) in [4.78, 5) is 12.0. The van der Waals surface area contributed by atoms with Crippen molar-refractivity contribution in [2.45, 2.75) is 12.7 Å². The van der Waals surface area contributed by atoms with Crippen LogP contribution in [0.15, 0.2) is 47.6 Å². The molecule has 0 saturated carbocycles. The van der Waals surface area contributed by atoms with Crippen LogP contribution >= 0.6 is 11.8 Å². The normalized spacial score (nSPS) is 13.2. The summed E-state index contributed by atoms with van der Waals surface area (Å²) in [6.07, 6.45) is 0. The molecular formula is C20H22N2O4S. The lowest BCUT2D eigenvalue weighted by Gasteiger charge is -2.18. The molecule has 2 aromatic carbocycles. The van der Waals surface area contributed by atoms with Gasteiger partial charge in [0.05, 0.1) is 18.6 Å². The fourth-order valence-electron chi connectivity index (χ4n) is 2.49. The number of carbonyl (C=O) groups is 1. The van der Waals surface area contributed by atoms with E-state index in [1.807, 2.05) is 49.4 Å². The minimum Gasteiger partial charge on any atom is -0.497 e. The third-order valence-corrected chi connectivity index (χ3v) is 4.97. The molecule has 1 amide bonds. The van der Waals surface area contributed by atoms with Crippen LogP contribution in [0.1, 0.15) is 18.1 Å². The van der Waals surface area contributed by atoms with E-state index in [2.05, 4.69) is 10.5 Å². The molecule has 3 rings (SSSR count). The lowest BCUT2D eigenvalue weighted by Crippen LogP contribution is -2.21. The minimum atomic E-state index is -0.134. The molecule has 0 spiro atoms. The van der Waals surface area contributed by atoms with Gasteiger partial charge in [0.1, 0.15) is 19.0 Å². The molecular weight excluding hydrogens is 364 g/mol. The SMILES string of the molecule is COc1ccc(CSCC(=O)N/N=C(/C)c2ccc3c(c2)OCCO3)cc1. The highest BCUT2D eigenvalue weighted by Gasteiger charge is 2.12. The van der Waals surface area contributed by atoms with Crippen LogP contribution in [-0.4, -0.2) is 37.7 Å². The molecule has 2 aromatic rings. The lowest BCUT2D eigenvalue weighted by atomic mass is 10.1. The minimum absolute atomic E-state index is 0.134. The first-order valence-corrected chi connectivity index (χ1v) is 9.75. The second-order valence-electron chi connectivity index (χ2n) is 5.93. The summed E-state index contributed by atoms with van der Waals surface area (Å²) in [5, 5.41) is 4.18. The van der Waals surface area contributed by atoms with Gasteiger partial charge in [0, 0.05) is 11.3 Å². The number of ether oxygens (including phenoxy) is 3. The van der Waals surface area contributed by atoms with Gasteiger partial charge in [-0.05, 0) is 42.8 Å². The topological polar surface area (TPSA) is 69.2 Å². The number of nitrogens with zero attached hydrogens (tertiary/aromatic N) is 1. The zero-order valence-electron chi connectivity index (χ0n) is 15.4. The van der Waals surface area contributed by atoms with Gasteiger partial charge < -0.3 is 14.2 Å². The van der Waals surface area contributed by atoms with Crippen LogP contribution in [0.5, 0.6) is 17.2 Å². The molecule has 0 saturated heterocycles. The third-order valence-electron chi connectivity index (χ3n) is 3.97. The summed E-state index contributed by atoms with van der Waals surface area (Å²) in [5.41, 5.74) is 5.33. The Hall–Kier alpha value is -2.67. The number of hydrogen-bond acceptors (Lipinski definition) is 6. The highest BCUT2D eigenvalue weighted by molar-refractivity contribution is 7.99. The molecule has 142 valence electrons. The summed E-state index contributed by atoms with van der Waals surface area (Å²) in [7, 11) is 1.64. The monoisotopic (exact) mass is 386 g/mol. The maximum absolute atomic E-state index is 12.0. The Labute approximate surface area is 162 Å². The predicted octanol–water partition coefficient (Wildman–Crippen LogP) is 3.24. The molecule has 7 heteroatoms. The highest BCUT2D eigenvalue weighted by Crippen LogP contribution is 2.30. The molecule has 0 atom stereocenters. The number of carbonyl (C=O) groups excluding carboxylic acids is 1. The maximum atomic E-state index is 12.0. The van der Waals surface area contributed by atoms with Crippen molar-refractivity contribution in [3.8, 4) is 17.2 Å². The number of hydrogen-bond donors (Lipinski definition) is 1. The van der Waals surface area contributed by atoms with E-state index in [1.54, 1.807) is 7.11 Å². The van der Waals surface area contributed by atoms with Gasteiger partial charge in [0.15, 0.2) is 11.5 Å². The van der Waals surface area contributed by atoms with Gasteiger partial charge in [0.25, 0.3) is 0 Å². The fourth-order valence-corrected chi connectivity index (χ4v) is 3.27. The van der Waals surface area contributed by atoms with Crippen LogP contribution < -0.4 is 19.6 Å². The Morgan fingerprint density at radius 1 is 1.15 bits per heavy atom. The van der Waals surface area contributed by atoms with Crippen LogP contribution in [0.4, 0.5) is 0 Å². The molecule has 1 aliphatic rings. The van der Waals surface area contributed by atoms with Gasteiger partial charge in [-0.1, -0.05) is 12.1 Å². The molecule has 1 N–H and O–H groups in total. The van der Waals surface area contributed by atoms with Gasteiger partial charge in [0.2, 0.25) is 5.91 Å². The van der Waals surface area contributed by atoms with Gasteiger partial charge in [-0.15, -0.1) is 11.8 Å². The van der Waals surface area contributed by atoms with Gasteiger partial charge in [-0.25, -0.2) is 5.43 Å². The van der Waals surface area contributed by atoms with E-state index in [-0.39, 0.29) is 5.91 Å². The zero-order chi connectivity index (χ0) is 19.1. The van der Waals surface area contributed by atoms with Gasteiger partial charge in [-0.3, -0.25) is 4.79 Å². The average molecular weight is 386 g/mol. The Balaban J connectivity index is 1.47. The molecule has 0 fully saturated rings. The number of thioether (sulfide) groups is 1. The van der Waals surface area contributed by atoms with Crippen LogP contribution in [-0.2, 0) is 10.5 Å². The number of amides is 1. The number of fused-ring (bicyclic) bond motifs is 1. The van der Waals surface area contributed by atoms with Gasteiger partial charge in [-0.2, -0.15) is 5.10 Å². The molecule has 0 radical (unpaired) electrons. The summed E-state index contributed by atoms with van der Waals surface area (Å²) in [6.45, 7) is 2.94. The Bertz CT molecular complexity index is 821. The summed E-state index contributed by atoms with van der Waals surface area (Å²) < 4.78 is 16.2. The van der Waals surface area contributed by atoms with E-state index >= 15 is 0 Å². The molecule has 0 aromatic heterocycles. The molecule has 0 bridgehead atoms. The zero-order valence-corrected chi connectivity index (χ0v) is 16.2. The highest BCUT2D eigenvalue weighted by atomic mass is 32.2. The van der Waals surface area contributed by atoms with Crippen molar-refractivity contribution >= 4 is 23.4 Å². The van der Waals surface area contributed by atoms with E-state index in [4.69, 9.17) is 14.2 Å². The standard InChI is InChI=1S/C20H22N2O4S/c1-14(16-5-8-18-19(11-16)26-10-9-25-18)21-22-20(23)13-27-12-15-3-6-17(24-2)7-4-15/h3-8,11H,9-10,12-13H2,1-2H3,(H,22,23)/b21-14-. The van der Waals surface area contributed by atoms with Crippen molar-refractivity contribution in [2.24, 2.45) is 5.10 Å². The van der Waals surface area contributed by atoms with E-state index in [9.17, 15) is 4.79 Å². The first kappa shape index (κ1) is 19.1. The van der Waals surface area contributed by atoms with Crippen molar-refractivity contribution < 1.29 is 19.0 Å². The van der Waals surface area contributed by atoms with Crippen LogP contribution in [0.3, 0.4) is 0 Å². The molecule has 0 unspecified atom stereocenters. The second kappa shape index (κ2) is 9.32. The van der Waals surface area contributed by atoms with Crippen molar-refractivity contribution in [2.75, 3.05) is 26.1 Å². The van der Waals surface area contributed by atoms with Crippen LogP contribution in [0.2, 0.25) is 0 Å². The van der Waals surface area contributed by atoms with E-state index in [0.29, 0.717) is 30.4 Å². The number of nitrogens with one attached hydrogen (secondary N) is 1. The molecule has 6 nitrogen and oxygen atoms in total. The molecule has 0 aliphatic carbocycles. The summed E-state index contributed by atoms with van der Waals surface area (Å²) in [5.74, 6) is 3.22. The van der Waals surface area contributed by atoms with Crippen molar-refractivity contribution in [3.63, 3.8) is 0 Å². The van der Waals surface area contributed by atoms with Crippen LogP contribution in [0.25, 0.3) is 0 Å². The first-order chi connectivity index (χ1) is 13.2. The number of benzene rings is 2. The Kier molecular flexibility index (Phi) is 6.59. The van der Waals surface area contributed by atoms with E-state index in [1.165, 1.54) is 11.8 Å². The number of hydrazone groups is 1. The van der Waals surface area contributed by atoms with Crippen molar-refractivity contribution in [1.29, 1.82) is 0 Å². The molecule has 27 heavy (non-hydrogen) atoms. The van der Waals surface area contributed by atoms with Crippen LogP contribution in [0, 0.1) is 0 Å². The quantitative estimate of drug-likeness (QED) is 0.584. The Morgan fingerprint density at radius 3 is 2.63 bits per heavy atom. The third kappa shape index (κ3) is 5.40. The van der Waals surface area contributed by atoms with E-state index in [0.717, 1.165) is 28.4 Å². The average Bonchev–Trinajstić information content (AvgIpc) is 2.72. The first-order valence-electron chi connectivity index (χ1n) is 8.59. The molecule has 1 heterocycles. The summed E-state index contributed by atoms with van der Waals surface area (Å²) in [6, 6.07) is 13.4. The molecule has 1 aliphatic heterocycles. The predicted molar refractivity (Wildman–Crippen MR) is 107 cm³/mol. The maximum Gasteiger partial charge on any atom is 0.250 e. The lowest BCUT2D eigenvalue weighted by molar-refractivity contribution is -0.118. The van der Waals surface area contributed by atoms with Crippen molar-refractivity contribution in [1.82, 2.24) is 5.43 Å². The van der Waals surface area contributed by atoms with E-state index < -0.39 is 0 Å². The largest absolute Gasteiger partial charge is 0.497 e. The smallest absolute Gasteiger partial charge is 0.250 e. The Morgan fingerprint density at radius 2 is 1.89 bits per heavy atom. The van der Waals surface area contributed by atoms with Gasteiger partial charge >= 0.3 is 0 Å². The summed E-state index contributed by atoms with van der Waals surface area (Å²) >= 11 is 1.54. The van der Waals surface area contributed by atoms with Crippen molar-refractivity contribution in [3.05, 3.63) is 53.6 Å². The second-order valence-corrected chi connectivity index (χ2v) is 6.92.